The Hall–Kier alpha value is -0.450. The highest BCUT2D eigenvalue weighted by Gasteiger charge is 2.20. The lowest BCUT2D eigenvalue weighted by atomic mass is 10.1. The van der Waals surface area contributed by atoms with E-state index < -0.39 is 0 Å². The van der Waals surface area contributed by atoms with Crippen molar-refractivity contribution < 1.29 is 4.74 Å². The molecule has 1 aromatic rings. The normalized spacial score (nSPS) is 23.2. The number of ether oxygens (including phenoxy) is 1. The molecular weight excluding hydrogens is 220 g/mol. The summed E-state index contributed by atoms with van der Waals surface area (Å²) in [7, 11) is 0. The molecule has 1 fully saturated rings. The number of hydrogen-bond donors (Lipinski definition) is 1. The fourth-order valence-corrected chi connectivity index (χ4v) is 2.97. The maximum atomic E-state index is 5.49. The first kappa shape index (κ1) is 12.0. The van der Waals surface area contributed by atoms with E-state index in [1.54, 1.807) is 11.3 Å². The molecule has 2 atom stereocenters. The van der Waals surface area contributed by atoms with Gasteiger partial charge >= 0.3 is 0 Å². The molecule has 0 amide bonds. The minimum Gasteiger partial charge on any atom is -0.380 e. The number of nitrogens with one attached hydrogen (secondary N) is 1. The van der Waals surface area contributed by atoms with Crippen LogP contribution in [0.2, 0.25) is 0 Å². The molecule has 90 valence electrons. The van der Waals surface area contributed by atoms with Crippen molar-refractivity contribution in [3.05, 3.63) is 16.1 Å². The first-order chi connectivity index (χ1) is 7.79. The van der Waals surface area contributed by atoms with Gasteiger partial charge in [-0.25, -0.2) is 4.98 Å². The van der Waals surface area contributed by atoms with E-state index in [1.165, 1.54) is 22.7 Å². The van der Waals surface area contributed by atoms with E-state index in [9.17, 15) is 0 Å². The fraction of sp³-hybridized carbons (Fsp3) is 0.750. The summed E-state index contributed by atoms with van der Waals surface area (Å²) in [5.74, 6) is 0. The summed E-state index contributed by atoms with van der Waals surface area (Å²) in [6.45, 7) is 6.09. The second-order valence-electron chi connectivity index (χ2n) is 4.35. The molecule has 1 aliphatic heterocycles. The SMILES string of the molecule is CCC(NC1CCCOC1)c1ncc(C)s1. The van der Waals surface area contributed by atoms with Gasteiger partial charge in [0.2, 0.25) is 0 Å². The van der Waals surface area contributed by atoms with Gasteiger partial charge < -0.3 is 10.1 Å². The Morgan fingerprint density at radius 3 is 3.12 bits per heavy atom. The molecule has 0 aromatic carbocycles. The third-order valence-corrected chi connectivity index (χ3v) is 3.97. The lowest BCUT2D eigenvalue weighted by Gasteiger charge is -2.27. The van der Waals surface area contributed by atoms with Crippen LogP contribution < -0.4 is 5.32 Å². The molecule has 0 spiro atoms. The molecule has 0 saturated carbocycles. The zero-order chi connectivity index (χ0) is 11.4. The highest BCUT2D eigenvalue weighted by atomic mass is 32.1. The van der Waals surface area contributed by atoms with Crippen LogP contribution in [0.5, 0.6) is 0 Å². The molecule has 1 aromatic heterocycles. The predicted octanol–water partition coefficient (Wildman–Crippen LogP) is 2.67. The van der Waals surface area contributed by atoms with Crippen LogP contribution >= 0.6 is 11.3 Å². The van der Waals surface area contributed by atoms with E-state index in [4.69, 9.17) is 4.74 Å². The van der Waals surface area contributed by atoms with Crippen molar-refractivity contribution in [3.63, 3.8) is 0 Å². The van der Waals surface area contributed by atoms with Gasteiger partial charge in [-0.1, -0.05) is 6.92 Å². The Morgan fingerprint density at radius 1 is 1.69 bits per heavy atom. The molecule has 0 aliphatic carbocycles. The Balaban J connectivity index is 1.94. The van der Waals surface area contributed by atoms with Crippen LogP contribution in [0, 0.1) is 6.92 Å². The van der Waals surface area contributed by atoms with Crippen molar-refractivity contribution in [1.29, 1.82) is 0 Å². The molecule has 16 heavy (non-hydrogen) atoms. The van der Waals surface area contributed by atoms with Gasteiger partial charge in [-0.3, -0.25) is 0 Å². The Morgan fingerprint density at radius 2 is 2.56 bits per heavy atom. The van der Waals surface area contributed by atoms with Crippen LogP contribution in [0.3, 0.4) is 0 Å². The van der Waals surface area contributed by atoms with Gasteiger partial charge in [0.25, 0.3) is 0 Å². The fourth-order valence-electron chi connectivity index (χ4n) is 2.05. The summed E-state index contributed by atoms with van der Waals surface area (Å²) in [6.07, 6.45) is 5.44. The number of nitrogens with zero attached hydrogens (tertiary/aromatic N) is 1. The lowest BCUT2D eigenvalue weighted by Crippen LogP contribution is -2.38. The Bertz CT molecular complexity index is 321. The van der Waals surface area contributed by atoms with Gasteiger partial charge in [0.05, 0.1) is 12.6 Å². The van der Waals surface area contributed by atoms with E-state index >= 15 is 0 Å². The monoisotopic (exact) mass is 240 g/mol. The number of hydrogen-bond acceptors (Lipinski definition) is 4. The lowest BCUT2D eigenvalue weighted by molar-refractivity contribution is 0.0661. The zero-order valence-electron chi connectivity index (χ0n) is 10.0. The van der Waals surface area contributed by atoms with E-state index in [0.717, 1.165) is 19.6 Å². The maximum absolute atomic E-state index is 5.49. The average Bonchev–Trinajstić information content (AvgIpc) is 2.74. The number of thiazole rings is 1. The predicted molar refractivity (Wildman–Crippen MR) is 66.9 cm³/mol. The molecular formula is C12H20N2OS. The van der Waals surface area contributed by atoms with Crippen molar-refractivity contribution in [2.75, 3.05) is 13.2 Å². The second kappa shape index (κ2) is 5.75. The summed E-state index contributed by atoms with van der Waals surface area (Å²) in [6, 6.07) is 0.897. The van der Waals surface area contributed by atoms with E-state index in [0.29, 0.717) is 12.1 Å². The van der Waals surface area contributed by atoms with Crippen LogP contribution in [0.25, 0.3) is 0 Å². The molecule has 2 unspecified atom stereocenters. The highest BCUT2D eigenvalue weighted by Crippen LogP contribution is 2.23. The first-order valence-corrected chi connectivity index (χ1v) is 6.87. The van der Waals surface area contributed by atoms with Crippen LogP contribution in [0.4, 0.5) is 0 Å². The Kier molecular flexibility index (Phi) is 4.32. The molecule has 4 heteroatoms. The molecule has 3 nitrogen and oxygen atoms in total. The van der Waals surface area contributed by atoms with Crippen molar-refractivity contribution >= 4 is 11.3 Å². The van der Waals surface area contributed by atoms with Gasteiger partial charge in [-0.05, 0) is 26.2 Å². The maximum Gasteiger partial charge on any atom is 0.110 e. The molecule has 1 saturated heterocycles. The summed E-state index contributed by atoms with van der Waals surface area (Å²) >= 11 is 1.79. The number of aromatic nitrogens is 1. The van der Waals surface area contributed by atoms with E-state index in [-0.39, 0.29) is 0 Å². The van der Waals surface area contributed by atoms with Gasteiger partial charge in [0.15, 0.2) is 0 Å². The van der Waals surface area contributed by atoms with Crippen molar-refractivity contribution in [1.82, 2.24) is 10.3 Å². The molecule has 0 bridgehead atoms. The largest absolute Gasteiger partial charge is 0.380 e. The van der Waals surface area contributed by atoms with Crippen LogP contribution in [0.1, 0.15) is 42.1 Å². The summed E-state index contributed by atoms with van der Waals surface area (Å²) in [5, 5.41) is 4.87. The molecule has 2 heterocycles. The van der Waals surface area contributed by atoms with Crippen LogP contribution in [0.15, 0.2) is 6.20 Å². The molecule has 1 aliphatic rings. The highest BCUT2D eigenvalue weighted by molar-refractivity contribution is 7.11. The zero-order valence-corrected chi connectivity index (χ0v) is 10.8. The second-order valence-corrected chi connectivity index (χ2v) is 5.62. The van der Waals surface area contributed by atoms with Gasteiger partial charge in [0.1, 0.15) is 5.01 Å². The smallest absolute Gasteiger partial charge is 0.110 e. The minimum atomic E-state index is 0.394. The van der Waals surface area contributed by atoms with Crippen molar-refractivity contribution in [2.45, 2.75) is 45.2 Å². The van der Waals surface area contributed by atoms with Crippen molar-refractivity contribution in [3.8, 4) is 0 Å². The topological polar surface area (TPSA) is 34.1 Å². The third kappa shape index (κ3) is 3.03. The first-order valence-electron chi connectivity index (χ1n) is 6.05. The van der Waals surface area contributed by atoms with Crippen LogP contribution in [-0.2, 0) is 4.74 Å². The third-order valence-electron chi connectivity index (χ3n) is 2.94. The van der Waals surface area contributed by atoms with Gasteiger partial charge in [-0.2, -0.15) is 0 Å². The summed E-state index contributed by atoms with van der Waals surface area (Å²) in [5.41, 5.74) is 0. The van der Waals surface area contributed by atoms with Gasteiger partial charge in [0, 0.05) is 23.7 Å². The summed E-state index contributed by atoms with van der Waals surface area (Å²) in [4.78, 5) is 5.75. The van der Waals surface area contributed by atoms with Crippen molar-refractivity contribution in [2.24, 2.45) is 0 Å². The van der Waals surface area contributed by atoms with Crippen LogP contribution in [-0.4, -0.2) is 24.2 Å². The quantitative estimate of drug-likeness (QED) is 0.878. The summed E-state index contributed by atoms with van der Waals surface area (Å²) < 4.78 is 5.49. The average molecular weight is 240 g/mol. The molecule has 2 rings (SSSR count). The Labute approximate surface area is 101 Å². The molecule has 0 radical (unpaired) electrons. The van der Waals surface area contributed by atoms with E-state index in [1.807, 2.05) is 6.20 Å². The van der Waals surface area contributed by atoms with E-state index in [2.05, 4.69) is 24.1 Å². The number of rotatable bonds is 4. The minimum absolute atomic E-state index is 0.394. The number of aryl methyl sites for hydroxylation is 1. The standard InChI is InChI=1S/C12H20N2OS/c1-3-11(12-13-7-9(2)16-12)14-10-5-4-6-15-8-10/h7,10-11,14H,3-6,8H2,1-2H3. The molecule has 1 N–H and O–H groups in total. The van der Waals surface area contributed by atoms with Gasteiger partial charge in [-0.15, -0.1) is 11.3 Å².